The molecule has 3 aromatic rings. The molecule has 0 spiro atoms. The van der Waals surface area contributed by atoms with Gasteiger partial charge in [0.25, 0.3) is 0 Å². The Bertz CT molecular complexity index is 1370. The predicted molar refractivity (Wildman–Crippen MR) is 115 cm³/mol. The number of para-hydroxylation sites is 2. The Morgan fingerprint density at radius 3 is 2.48 bits per heavy atom. The minimum atomic E-state index is -4.00. The van der Waals surface area contributed by atoms with Crippen molar-refractivity contribution in [1.29, 1.82) is 0 Å². The van der Waals surface area contributed by atoms with E-state index in [1.54, 1.807) is 12.1 Å². The van der Waals surface area contributed by atoms with Gasteiger partial charge in [0.05, 0.1) is 15.6 Å². The number of nitrogens with one attached hydrogen (secondary N) is 2. The van der Waals surface area contributed by atoms with Crippen molar-refractivity contribution in [2.75, 3.05) is 0 Å². The molecule has 1 fully saturated rings. The molecular formula is C22H22N4O4S. The lowest BCUT2D eigenvalue weighted by Gasteiger charge is -2.21. The molecule has 0 radical (unpaired) electrons. The Hall–Kier alpha value is -3.01. The number of H-pyrrole nitrogens is 1. The van der Waals surface area contributed by atoms with Crippen LogP contribution in [0, 0.1) is 0 Å². The maximum Gasteiger partial charge on any atom is 0.312 e. The van der Waals surface area contributed by atoms with Gasteiger partial charge in [-0.15, -0.1) is 0 Å². The third-order valence-corrected chi connectivity index (χ3v) is 6.78. The van der Waals surface area contributed by atoms with Crippen LogP contribution in [0.25, 0.3) is 17.0 Å². The lowest BCUT2D eigenvalue weighted by atomic mass is 9.96. The summed E-state index contributed by atoms with van der Waals surface area (Å²) in [5, 5.41) is 12.4. The first-order valence-electron chi connectivity index (χ1n) is 10.3. The zero-order valence-electron chi connectivity index (χ0n) is 16.7. The number of hydroxylamine groups is 1. The van der Waals surface area contributed by atoms with E-state index in [-0.39, 0.29) is 16.8 Å². The molecule has 1 aliphatic carbocycles. The second kappa shape index (κ2) is 7.92. The highest BCUT2D eigenvalue weighted by atomic mass is 32.2. The molecule has 1 saturated carbocycles. The number of fused-ring (bicyclic) bond motifs is 2. The summed E-state index contributed by atoms with van der Waals surface area (Å²) in [5.74, 6) is 0.348. The van der Waals surface area contributed by atoms with Crippen LogP contribution in [-0.2, 0) is 14.4 Å². The molecule has 1 aliphatic heterocycles. The first-order valence-corrected chi connectivity index (χ1v) is 11.7. The van der Waals surface area contributed by atoms with Crippen molar-refractivity contribution in [2.24, 2.45) is 9.98 Å². The summed E-state index contributed by atoms with van der Waals surface area (Å²) in [7, 11) is -4.00. The number of hydrogen-bond donors (Lipinski definition) is 3. The van der Waals surface area contributed by atoms with Gasteiger partial charge in [-0.05, 0) is 49.2 Å². The number of rotatable bonds is 5. The van der Waals surface area contributed by atoms with Crippen LogP contribution in [0.15, 0.2) is 63.2 Å². The van der Waals surface area contributed by atoms with Gasteiger partial charge in [0, 0.05) is 22.5 Å². The molecule has 2 aliphatic rings. The third kappa shape index (κ3) is 3.99. The van der Waals surface area contributed by atoms with E-state index in [9.17, 15) is 13.5 Å². The summed E-state index contributed by atoms with van der Waals surface area (Å²) in [6.45, 7) is 0. The van der Waals surface area contributed by atoms with Crippen LogP contribution < -0.4 is 16.2 Å². The molecule has 8 nitrogen and oxygen atoms in total. The van der Waals surface area contributed by atoms with E-state index in [1.165, 1.54) is 18.6 Å². The summed E-state index contributed by atoms with van der Waals surface area (Å²) >= 11 is 0. The summed E-state index contributed by atoms with van der Waals surface area (Å²) in [4.78, 5) is 11.8. The number of hydrogen-bond acceptors (Lipinski definition) is 7. The number of aromatic hydroxyl groups is 1. The summed E-state index contributed by atoms with van der Waals surface area (Å²) in [6.07, 6.45) is 6.72. The first-order chi connectivity index (χ1) is 15.0. The minimum Gasteiger partial charge on any atom is -0.494 e. The number of nitrogens with zero attached hydrogens (tertiary/aromatic N) is 2. The molecular weight excluding hydrogens is 416 g/mol. The van der Waals surface area contributed by atoms with Gasteiger partial charge in [0.15, 0.2) is 11.7 Å². The van der Waals surface area contributed by atoms with Gasteiger partial charge < -0.3 is 10.1 Å². The van der Waals surface area contributed by atoms with Crippen LogP contribution >= 0.6 is 0 Å². The van der Waals surface area contributed by atoms with Gasteiger partial charge in [-0.3, -0.25) is 0 Å². The molecule has 2 heterocycles. The zero-order valence-corrected chi connectivity index (χ0v) is 17.5. The lowest BCUT2D eigenvalue weighted by molar-refractivity contribution is 0.140. The molecule has 0 bridgehead atoms. The number of aromatic amines is 1. The van der Waals surface area contributed by atoms with Crippen molar-refractivity contribution >= 4 is 27.1 Å². The van der Waals surface area contributed by atoms with Crippen molar-refractivity contribution in [2.45, 2.75) is 43.0 Å². The van der Waals surface area contributed by atoms with Crippen molar-refractivity contribution in [3.8, 4) is 5.88 Å². The average Bonchev–Trinajstić information content (AvgIpc) is 3.33. The predicted octanol–water partition coefficient (Wildman–Crippen LogP) is 2.67. The number of benzene rings is 2. The maximum absolute atomic E-state index is 12.7. The first kappa shape index (κ1) is 19.9. The summed E-state index contributed by atoms with van der Waals surface area (Å²) in [6, 6.07) is 12.0. The van der Waals surface area contributed by atoms with Crippen molar-refractivity contribution in [1.82, 2.24) is 10.5 Å². The fourth-order valence-electron chi connectivity index (χ4n) is 4.00. The zero-order chi connectivity index (χ0) is 21.4. The van der Waals surface area contributed by atoms with Crippen LogP contribution in [0.2, 0.25) is 0 Å². The van der Waals surface area contributed by atoms with E-state index in [4.69, 9.17) is 4.28 Å². The molecule has 5 rings (SSSR count). The van der Waals surface area contributed by atoms with E-state index in [2.05, 4.69) is 20.4 Å². The smallest absolute Gasteiger partial charge is 0.312 e. The minimum absolute atomic E-state index is 0.00513. The third-order valence-electron chi connectivity index (χ3n) is 5.63. The quantitative estimate of drug-likeness (QED) is 0.530. The molecule has 160 valence electrons. The highest BCUT2D eigenvalue weighted by Crippen LogP contribution is 2.32. The van der Waals surface area contributed by atoms with E-state index in [0.29, 0.717) is 22.3 Å². The van der Waals surface area contributed by atoms with Gasteiger partial charge >= 0.3 is 10.1 Å². The molecule has 0 atom stereocenters. The van der Waals surface area contributed by atoms with Crippen LogP contribution in [0.5, 0.6) is 5.88 Å². The van der Waals surface area contributed by atoms with Crippen molar-refractivity contribution < 1.29 is 17.8 Å². The second-order valence-electron chi connectivity index (χ2n) is 7.80. The van der Waals surface area contributed by atoms with E-state index in [1.807, 2.05) is 24.3 Å². The van der Waals surface area contributed by atoms with Gasteiger partial charge in [-0.2, -0.15) is 18.2 Å². The van der Waals surface area contributed by atoms with Crippen LogP contribution in [0.1, 0.15) is 37.7 Å². The van der Waals surface area contributed by atoms with Crippen LogP contribution in [0.4, 0.5) is 0 Å². The molecule has 31 heavy (non-hydrogen) atoms. The Kier molecular flexibility index (Phi) is 5.09. The Balaban J connectivity index is 1.47. The fraction of sp³-hybridized carbons (Fsp3) is 0.273. The molecule has 0 saturated heterocycles. The normalized spacial score (nSPS) is 16.7. The Morgan fingerprint density at radius 2 is 1.77 bits per heavy atom. The average molecular weight is 439 g/mol. The Morgan fingerprint density at radius 1 is 1.06 bits per heavy atom. The van der Waals surface area contributed by atoms with E-state index >= 15 is 0 Å². The molecule has 9 heteroatoms. The highest BCUT2D eigenvalue weighted by Gasteiger charge is 2.22. The highest BCUT2D eigenvalue weighted by molar-refractivity contribution is 7.86. The molecule has 2 aromatic carbocycles. The molecule has 3 N–H and O–H groups in total. The molecule has 0 amide bonds. The van der Waals surface area contributed by atoms with Gasteiger partial charge in [-0.25, -0.2) is 9.98 Å². The second-order valence-corrected chi connectivity index (χ2v) is 9.35. The standard InChI is InChI=1S/C22H22N4O4S/c27-22-17(13-21-23-19-8-4-5-9-20(19)24-21)16-12-15(10-11-18(16)25-22)31(28,29)30-26-14-6-2-1-3-7-14/h4-5,8-14,25-27H,1-3,6-7H2. The van der Waals surface area contributed by atoms with Crippen molar-refractivity contribution in [3.63, 3.8) is 0 Å². The van der Waals surface area contributed by atoms with E-state index in [0.717, 1.165) is 36.4 Å². The van der Waals surface area contributed by atoms with Gasteiger partial charge in [0.1, 0.15) is 0 Å². The maximum atomic E-state index is 12.7. The van der Waals surface area contributed by atoms with E-state index < -0.39 is 10.1 Å². The lowest BCUT2D eigenvalue weighted by Crippen LogP contribution is -2.33. The fourth-order valence-corrected chi connectivity index (χ4v) is 4.85. The summed E-state index contributed by atoms with van der Waals surface area (Å²) in [5.41, 5.74) is 3.73. The largest absolute Gasteiger partial charge is 0.494 e. The van der Waals surface area contributed by atoms with Crippen LogP contribution in [0.3, 0.4) is 0 Å². The Labute approximate surface area is 179 Å². The SMILES string of the molecule is O=S(=O)(ONC1CCCCC1)c1ccc2[nH]c(O)c(C=C3N=c4ccccc4=N3)c2c1. The van der Waals surface area contributed by atoms with Crippen molar-refractivity contribution in [3.05, 3.63) is 64.6 Å². The number of aromatic nitrogens is 1. The topological polar surface area (TPSA) is 116 Å². The van der Waals surface area contributed by atoms with Crippen LogP contribution in [-0.4, -0.2) is 24.6 Å². The van der Waals surface area contributed by atoms with Gasteiger partial charge in [0.2, 0.25) is 0 Å². The van der Waals surface area contributed by atoms with Gasteiger partial charge in [-0.1, -0.05) is 31.4 Å². The molecule has 1 aromatic heterocycles. The summed E-state index contributed by atoms with van der Waals surface area (Å²) < 4.78 is 30.6. The monoisotopic (exact) mass is 438 g/mol. The molecule has 0 unspecified atom stereocenters.